The number of ether oxygens (including phenoxy) is 1. The first-order chi connectivity index (χ1) is 15.3. The van der Waals surface area contributed by atoms with Crippen LogP contribution in [0.15, 0.2) is 36.4 Å². The molecule has 33 heavy (non-hydrogen) atoms. The Bertz CT molecular complexity index is 1010. The molecule has 0 heterocycles. The number of halogens is 3. The fourth-order valence-electron chi connectivity index (χ4n) is 3.22. The van der Waals surface area contributed by atoms with Crippen molar-refractivity contribution in [1.29, 1.82) is 0 Å². The molecule has 2 atom stereocenters. The average molecular weight is 539 g/mol. The fraction of sp³-hybridized carbons (Fsp3) is 0.478. The summed E-state index contributed by atoms with van der Waals surface area (Å²) < 4.78 is 30.0. The molecular weight excluding hydrogens is 509 g/mol. The van der Waals surface area contributed by atoms with Gasteiger partial charge in [-0.1, -0.05) is 49.2 Å². The van der Waals surface area contributed by atoms with Crippen LogP contribution in [-0.2, 0) is 21.9 Å². The number of hydrogen-bond donors (Lipinski definition) is 3. The van der Waals surface area contributed by atoms with Crippen molar-refractivity contribution in [1.82, 2.24) is 4.72 Å². The van der Waals surface area contributed by atoms with Gasteiger partial charge in [0.2, 0.25) is 10.0 Å². The molecule has 0 fully saturated rings. The maximum atomic E-state index is 11.1. The second-order valence-electron chi connectivity index (χ2n) is 8.50. The maximum Gasteiger partial charge on any atom is 0.208 e. The Balaban J connectivity index is 2.09. The van der Waals surface area contributed by atoms with E-state index < -0.39 is 27.6 Å². The summed E-state index contributed by atoms with van der Waals surface area (Å²) in [7, 11) is -3.37. The van der Waals surface area contributed by atoms with Gasteiger partial charge in [0.1, 0.15) is 18.5 Å². The van der Waals surface area contributed by atoms with Gasteiger partial charge in [-0.25, -0.2) is 13.1 Å². The number of rotatable bonds is 12. The molecule has 3 N–H and O–H groups in total. The Hall–Kier alpha value is -1.06. The van der Waals surface area contributed by atoms with Crippen LogP contribution in [0.5, 0.6) is 5.75 Å². The normalized spacial score (nSPS) is 14.2. The lowest BCUT2D eigenvalue weighted by Crippen LogP contribution is -2.34. The van der Waals surface area contributed by atoms with Gasteiger partial charge in [0.15, 0.2) is 0 Å². The zero-order valence-electron chi connectivity index (χ0n) is 18.8. The molecule has 2 aromatic carbocycles. The van der Waals surface area contributed by atoms with Gasteiger partial charge < -0.3 is 14.9 Å². The van der Waals surface area contributed by atoms with Gasteiger partial charge in [-0.15, -0.1) is 11.6 Å². The van der Waals surface area contributed by atoms with Gasteiger partial charge in [0, 0.05) is 27.9 Å². The summed E-state index contributed by atoms with van der Waals surface area (Å²) >= 11 is 18.7. The summed E-state index contributed by atoms with van der Waals surface area (Å²) in [5.74, 6) is 0.716. The van der Waals surface area contributed by atoms with E-state index in [4.69, 9.17) is 39.5 Å². The van der Waals surface area contributed by atoms with Crippen molar-refractivity contribution >= 4 is 44.8 Å². The van der Waals surface area contributed by atoms with Crippen LogP contribution in [0.4, 0.5) is 0 Å². The van der Waals surface area contributed by atoms with Gasteiger partial charge in [-0.3, -0.25) is 0 Å². The molecule has 0 radical (unpaired) electrons. The van der Waals surface area contributed by atoms with Crippen molar-refractivity contribution in [3.63, 3.8) is 0 Å². The van der Waals surface area contributed by atoms with E-state index in [9.17, 15) is 18.6 Å². The SMILES string of the molecule is CC(C)(c1ccc(OC[C@H](O)CNS(C)(=O)=O)cc1)c1cc(Cl)c(CC[C@H](O)CCl)c(Cl)c1. The molecule has 6 nitrogen and oxygen atoms in total. The smallest absolute Gasteiger partial charge is 0.208 e. The molecule has 0 unspecified atom stereocenters. The van der Waals surface area contributed by atoms with E-state index in [2.05, 4.69) is 18.6 Å². The lowest BCUT2D eigenvalue weighted by atomic mass is 9.78. The van der Waals surface area contributed by atoms with Crippen LogP contribution in [0.2, 0.25) is 10.0 Å². The summed E-state index contributed by atoms with van der Waals surface area (Å²) in [6.45, 7) is 3.95. The number of nitrogens with one attached hydrogen (secondary N) is 1. The van der Waals surface area contributed by atoms with Gasteiger partial charge >= 0.3 is 0 Å². The van der Waals surface area contributed by atoms with Crippen LogP contribution in [0, 0.1) is 0 Å². The third-order valence-electron chi connectivity index (χ3n) is 5.37. The molecule has 0 bridgehead atoms. The number of aliphatic hydroxyl groups excluding tert-OH is 2. The summed E-state index contributed by atoms with van der Waals surface area (Å²) in [6.07, 6.45) is 0.466. The molecule has 0 amide bonds. The minimum Gasteiger partial charge on any atom is -0.491 e. The van der Waals surface area contributed by atoms with E-state index in [0.29, 0.717) is 28.6 Å². The number of alkyl halides is 1. The minimum absolute atomic E-state index is 0.0453. The summed E-state index contributed by atoms with van der Waals surface area (Å²) in [4.78, 5) is 0. The lowest BCUT2D eigenvalue weighted by molar-refractivity contribution is 0.111. The number of hydrogen-bond acceptors (Lipinski definition) is 5. The third kappa shape index (κ3) is 8.58. The number of aliphatic hydroxyl groups is 2. The molecule has 0 aliphatic heterocycles. The second kappa shape index (κ2) is 12.1. The van der Waals surface area contributed by atoms with Crippen LogP contribution in [0.25, 0.3) is 0 Å². The average Bonchev–Trinajstić information content (AvgIpc) is 2.75. The Morgan fingerprint density at radius 1 is 1.03 bits per heavy atom. The van der Waals surface area contributed by atoms with Gasteiger partial charge in [0.05, 0.1) is 12.4 Å². The van der Waals surface area contributed by atoms with Gasteiger partial charge in [0.25, 0.3) is 0 Å². The van der Waals surface area contributed by atoms with E-state index in [1.54, 1.807) is 12.1 Å². The topological polar surface area (TPSA) is 95.9 Å². The third-order valence-corrected chi connectivity index (χ3v) is 7.09. The zero-order valence-corrected chi connectivity index (χ0v) is 21.9. The van der Waals surface area contributed by atoms with E-state index in [1.165, 1.54) is 0 Å². The molecule has 0 aliphatic carbocycles. The molecule has 0 aromatic heterocycles. The highest BCUT2D eigenvalue weighted by atomic mass is 35.5. The van der Waals surface area contributed by atoms with Crippen molar-refractivity contribution < 1.29 is 23.4 Å². The van der Waals surface area contributed by atoms with Crippen molar-refractivity contribution in [2.24, 2.45) is 0 Å². The minimum atomic E-state index is -3.37. The van der Waals surface area contributed by atoms with Crippen LogP contribution in [0.1, 0.15) is 37.0 Å². The number of benzene rings is 2. The zero-order chi connectivity index (χ0) is 24.8. The highest BCUT2D eigenvalue weighted by molar-refractivity contribution is 7.88. The van der Waals surface area contributed by atoms with Crippen molar-refractivity contribution in [3.8, 4) is 5.75 Å². The van der Waals surface area contributed by atoms with Crippen molar-refractivity contribution in [3.05, 3.63) is 63.1 Å². The molecule has 2 aromatic rings. The molecule has 2 rings (SSSR count). The first kappa shape index (κ1) is 28.2. The summed E-state index contributed by atoms with van der Waals surface area (Å²) in [5, 5.41) is 20.7. The lowest BCUT2D eigenvalue weighted by Gasteiger charge is -2.27. The molecule has 10 heteroatoms. The largest absolute Gasteiger partial charge is 0.491 e. The molecule has 0 spiro atoms. The summed E-state index contributed by atoms with van der Waals surface area (Å²) in [6, 6.07) is 11.2. The standard InChI is InChI=1S/C23H30Cl3NO5S/c1-23(2,16-10-21(25)20(22(26)11-16)9-6-17(28)12-24)15-4-7-19(8-5-15)32-14-18(29)13-27-33(3,30)31/h4-5,7-8,10-11,17-18,27-29H,6,9,12-14H2,1-3H3/t17-,18+/m0/s1. The second-order valence-corrected chi connectivity index (χ2v) is 11.5. The Morgan fingerprint density at radius 3 is 2.12 bits per heavy atom. The molecule has 0 saturated carbocycles. The highest BCUT2D eigenvalue weighted by Crippen LogP contribution is 2.37. The van der Waals surface area contributed by atoms with Crippen LogP contribution in [-0.4, -0.2) is 56.1 Å². The quantitative estimate of drug-likeness (QED) is 0.353. The van der Waals surface area contributed by atoms with E-state index in [1.807, 2.05) is 24.3 Å². The fourth-order valence-corrected chi connectivity index (χ4v) is 4.55. The maximum absolute atomic E-state index is 11.1. The molecule has 0 saturated heterocycles. The van der Waals surface area contributed by atoms with Gasteiger partial charge in [-0.05, 0) is 53.8 Å². The van der Waals surface area contributed by atoms with Crippen LogP contribution in [0.3, 0.4) is 0 Å². The van der Waals surface area contributed by atoms with Gasteiger partial charge in [-0.2, -0.15) is 0 Å². The predicted octanol–water partition coefficient (Wildman–Crippen LogP) is 4.14. The first-order valence-electron chi connectivity index (χ1n) is 10.4. The molecule has 184 valence electrons. The van der Waals surface area contributed by atoms with Crippen molar-refractivity contribution in [2.45, 2.75) is 44.3 Å². The highest BCUT2D eigenvalue weighted by Gasteiger charge is 2.25. The van der Waals surface area contributed by atoms with Crippen LogP contribution < -0.4 is 9.46 Å². The molecular formula is C23H30Cl3NO5S. The monoisotopic (exact) mass is 537 g/mol. The van der Waals surface area contributed by atoms with E-state index in [0.717, 1.165) is 22.9 Å². The molecule has 0 aliphatic rings. The summed E-state index contributed by atoms with van der Waals surface area (Å²) in [5.41, 5.74) is 2.33. The predicted molar refractivity (Wildman–Crippen MR) is 134 cm³/mol. The van der Waals surface area contributed by atoms with Crippen molar-refractivity contribution in [2.75, 3.05) is 25.3 Å². The first-order valence-corrected chi connectivity index (χ1v) is 13.6. The van der Waals surface area contributed by atoms with Crippen LogP contribution >= 0.6 is 34.8 Å². The Labute approximate surface area is 210 Å². The Morgan fingerprint density at radius 2 is 1.61 bits per heavy atom. The van der Waals surface area contributed by atoms with E-state index >= 15 is 0 Å². The Kier molecular flexibility index (Phi) is 10.3. The number of sulfonamides is 1. The van der Waals surface area contributed by atoms with E-state index in [-0.39, 0.29) is 19.0 Å².